The lowest BCUT2D eigenvalue weighted by Crippen LogP contribution is -2.15. The summed E-state index contributed by atoms with van der Waals surface area (Å²) in [5, 5.41) is 17.7. The van der Waals surface area contributed by atoms with Crippen LogP contribution < -0.4 is 0 Å². The molecule has 2 rings (SSSR count). The summed E-state index contributed by atoms with van der Waals surface area (Å²) in [6, 6.07) is 5.84. The third-order valence-electron chi connectivity index (χ3n) is 2.73. The van der Waals surface area contributed by atoms with Crippen LogP contribution in [0.2, 0.25) is 0 Å². The average molecular weight is 266 g/mol. The van der Waals surface area contributed by atoms with Crippen LogP contribution in [-0.2, 0) is 10.0 Å². The molecule has 1 aliphatic heterocycles. The second-order valence-electron chi connectivity index (χ2n) is 4.07. The summed E-state index contributed by atoms with van der Waals surface area (Å²) in [5.74, 6) is -0.270. The minimum Gasteiger partial charge on any atom is -0.504 e. The van der Waals surface area contributed by atoms with E-state index < -0.39 is 16.1 Å². The monoisotopic (exact) mass is 266 g/mol. The van der Waals surface area contributed by atoms with Gasteiger partial charge in [0.05, 0.1) is 4.90 Å². The number of diazo groups is 1. The first-order chi connectivity index (χ1) is 8.46. The molecule has 2 atom stereocenters. The highest BCUT2D eigenvalue weighted by molar-refractivity contribution is 7.89. The molecule has 0 bridgehead atoms. The molecule has 1 aliphatic rings. The highest BCUT2D eigenvalue weighted by Gasteiger charge is 2.48. The van der Waals surface area contributed by atoms with E-state index in [1.165, 1.54) is 12.1 Å². The molecule has 0 aromatic heterocycles. The summed E-state index contributed by atoms with van der Waals surface area (Å²) in [5.41, 5.74) is 0.970. The molecule has 0 spiro atoms. The number of aliphatic hydroxyl groups is 1. The zero-order chi connectivity index (χ0) is 13.3. The zero-order valence-corrected chi connectivity index (χ0v) is 10.5. The van der Waals surface area contributed by atoms with Crippen molar-refractivity contribution >= 4 is 10.0 Å². The van der Waals surface area contributed by atoms with E-state index in [4.69, 9.17) is 5.39 Å². The van der Waals surface area contributed by atoms with Crippen LogP contribution >= 0.6 is 0 Å². The van der Waals surface area contributed by atoms with Gasteiger partial charge in [0.25, 0.3) is 0 Å². The summed E-state index contributed by atoms with van der Waals surface area (Å²) >= 11 is 0. The zero-order valence-electron chi connectivity index (χ0n) is 9.68. The van der Waals surface area contributed by atoms with Gasteiger partial charge in [0.15, 0.2) is 4.98 Å². The Labute approximate surface area is 105 Å². The van der Waals surface area contributed by atoms with Crippen LogP contribution in [0.25, 0.3) is 4.98 Å². The van der Waals surface area contributed by atoms with Gasteiger partial charge >= 0.3 is 6.20 Å². The maximum atomic E-state index is 12.1. The molecule has 0 saturated carbocycles. The number of aliphatic hydroxyl groups excluding tert-OH is 1. The Morgan fingerprint density at radius 1 is 1.50 bits per heavy atom. The van der Waals surface area contributed by atoms with E-state index in [0.29, 0.717) is 0 Å². The quantitative estimate of drug-likeness (QED) is 0.511. The van der Waals surface area contributed by atoms with Crippen LogP contribution in [0.3, 0.4) is 0 Å². The molecule has 0 amide bonds. The molecule has 1 saturated heterocycles. The number of nitrogens with zero attached hydrogens (tertiary/aromatic N) is 3. The van der Waals surface area contributed by atoms with Gasteiger partial charge in [-0.1, -0.05) is 17.7 Å². The van der Waals surface area contributed by atoms with Gasteiger partial charge in [-0.05, 0) is 19.1 Å². The lowest BCUT2D eigenvalue weighted by molar-refractivity contribution is 0.385. The van der Waals surface area contributed by atoms with Crippen molar-refractivity contribution in [2.75, 3.05) is 6.54 Å². The van der Waals surface area contributed by atoms with Gasteiger partial charge in [-0.2, -0.15) is 4.31 Å². The van der Waals surface area contributed by atoms with Gasteiger partial charge in [-0.25, -0.2) is 8.42 Å². The number of sulfonamides is 1. The maximum absolute atomic E-state index is 12.1. The van der Waals surface area contributed by atoms with E-state index in [-0.39, 0.29) is 17.2 Å². The Morgan fingerprint density at radius 3 is 2.67 bits per heavy atom. The molecule has 0 radical (unpaired) electrons. The van der Waals surface area contributed by atoms with E-state index in [2.05, 4.69) is 4.98 Å². The summed E-state index contributed by atoms with van der Waals surface area (Å²) in [6.07, 6.45) is 0.829. The second kappa shape index (κ2) is 4.40. The molecule has 1 N–H and O–H groups in total. The molecule has 6 nitrogen and oxygen atoms in total. The summed E-state index contributed by atoms with van der Waals surface area (Å²) in [7, 11) is -3.59. The van der Waals surface area contributed by atoms with Crippen molar-refractivity contribution in [3.05, 3.63) is 46.8 Å². The van der Waals surface area contributed by atoms with Crippen molar-refractivity contribution in [1.82, 2.24) is 4.31 Å². The summed E-state index contributed by atoms with van der Waals surface area (Å²) < 4.78 is 25.4. The number of benzene rings is 1. The molecule has 1 unspecified atom stereocenters. The number of aryl methyl sites for hydroxylation is 1. The lowest BCUT2D eigenvalue weighted by atomic mass is 10.2. The largest absolute Gasteiger partial charge is 0.504 e. The molecular formula is C11H12N3O3S+. The molecule has 18 heavy (non-hydrogen) atoms. The third-order valence-corrected chi connectivity index (χ3v) is 4.61. The second-order valence-corrected chi connectivity index (χ2v) is 5.96. The van der Waals surface area contributed by atoms with Crippen LogP contribution in [0.4, 0.5) is 0 Å². The number of rotatable bonds is 3. The van der Waals surface area contributed by atoms with E-state index in [1.807, 2.05) is 6.92 Å². The Kier molecular flexibility index (Phi) is 3.07. The number of hydrogen-bond acceptors (Lipinski definition) is 4. The molecule has 1 heterocycles. The summed E-state index contributed by atoms with van der Waals surface area (Å²) in [4.78, 5) is 2.85. The van der Waals surface area contributed by atoms with Crippen molar-refractivity contribution in [1.29, 1.82) is 5.39 Å². The van der Waals surface area contributed by atoms with Crippen LogP contribution in [0, 0.1) is 12.3 Å². The Bertz CT molecular complexity index is 628. The van der Waals surface area contributed by atoms with E-state index in [0.717, 1.165) is 16.1 Å². The van der Waals surface area contributed by atoms with Gasteiger partial charge in [-0.15, -0.1) is 0 Å². The fourth-order valence-electron chi connectivity index (χ4n) is 1.62. The average Bonchev–Trinajstić information content (AvgIpc) is 3.10. The molecule has 0 aliphatic carbocycles. The lowest BCUT2D eigenvalue weighted by Gasteiger charge is -2.05. The van der Waals surface area contributed by atoms with Gasteiger partial charge in [0.2, 0.25) is 21.2 Å². The molecule has 1 fully saturated rings. The molecule has 1 aromatic rings. The highest BCUT2D eigenvalue weighted by atomic mass is 32.2. The Balaban J connectivity index is 2.23. The highest BCUT2D eigenvalue weighted by Crippen LogP contribution is 2.31. The fourth-order valence-corrected chi connectivity index (χ4v) is 3.15. The van der Waals surface area contributed by atoms with Gasteiger partial charge < -0.3 is 5.11 Å². The van der Waals surface area contributed by atoms with Gasteiger partial charge in [0.1, 0.15) is 6.04 Å². The smallest absolute Gasteiger partial charge is 0.389 e. The first-order valence-electron chi connectivity index (χ1n) is 5.28. The summed E-state index contributed by atoms with van der Waals surface area (Å²) in [6.45, 7) is 2.06. The normalized spacial score (nSPS) is 23.4. The van der Waals surface area contributed by atoms with Crippen LogP contribution in [0.15, 0.2) is 41.1 Å². The predicted molar refractivity (Wildman–Crippen MR) is 64.7 cm³/mol. The maximum Gasteiger partial charge on any atom is 0.389 e. The Morgan fingerprint density at radius 2 is 2.11 bits per heavy atom. The molecule has 1 aromatic carbocycles. The van der Waals surface area contributed by atoms with Gasteiger partial charge in [-0.3, -0.25) is 0 Å². The Hall–Kier alpha value is -1.91. The van der Waals surface area contributed by atoms with Crippen molar-refractivity contribution < 1.29 is 13.5 Å². The standard InChI is InChI=1S/C11H11N3O3S/c1-8-2-4-9(5-3-8)18(16,17)14-7-10(14)11(15)6-13-12/h2-6,10H,7H2,1H3/p+1/b11-6-/t10-,14?/m0/s1. The SMILES string of the molecule is Cc1ccc(S(=O)(=O)N2C[C@H]2/C(O)=C/[N+]#N)cc1. The van der Waals surface area contributed by atoms with Crippen molar-refractivity contribution in [2.24, 2.45) is 0 Å². The van der Waals surface area contributed by atoms with Crippen LogP contribution in [0.5, 0.6) is 0 Å². The van der Waals surface area contributed by atoms with Gasteiger partial charge in [0, 0.05) is 6.54 Å². The third kappa shape index (κ3) is 2.20. The van der Waals surface area contributed by atoms with Crippen molar-refractivity contribution in [3.8, 4) is 0 Å². The van der Waals surface area contributed by atoms with E-state index >= 15 is 0 Å². The minimum absolute atomic E-state index is 0.185. The van der Waals surface area contributed by atoms with Crippen molar-refractivity contribution in [2.45, 2.75) is 17.9 Å². The van der Waals surface area contributed by atoms with E-state index in [1.54, 1.807) is 12.1 Å². The predicted octanol–water partition coefficient (Wildman–Crippen LogP) is 1.62. The molecule has 7 heteroatoms. The van der Waals surface area contributed by atoms with Crippen LogP contribution in [0.1, 0.15) is 5.56 Å². The number of hydrogen-bond donors (Lipinski definition) is 1. The first-order valence-corrected chi connectivity index (χ1v) is 6.72. The molecular weight excluding hydrogens is 254 g/mol. The molecule has 94 valence electrons. The fraction of sp³-hybridized carbons (Fsp3) is 0.273. The minimum atomic E-state index is -3.59. The first kappa shape index (κ1) is 12.5. The van der Waals surface area contributed by atoms with Crippen molar-refractivity contribution in [3.63, 3.8) is 0 Å². The van der Waals surface area contributed by atoms with E-state index in [9.17, 15) is 13.5 Å². The van der Waals surface area contributed by atoms with Crippen LogP contribution in [-0.4, -0.2) is 30.4 Å². The topological polar surface area (TPSA) is 85.5 Å².